The molecule has 0 bridgehead atoms. The maximum atomic E-state index is 12.0. The van der Waals surface area contributed by atoms with E-state index in [-0.39, 0.29) is 23.5 Å². The third-order valence-corrected chi connectivity index (χ3v) is 5.33. The van der Waals surface area contributed by atoms with E-state index in [2.05, 4.69) is 6.58 Å². The lowest BCUT2D eigenvalue weighted by molar-refractivity contribution is -0.164. The van der Waals surface area contributed by atoms with Crippen molar-refractivity contribution in [3.05, 3.63) is 12.7 Å². The summed E-state index contributed by atoms with van der Waals surface area (Å²) in [6, 6.07) is 0. The average molecular weight is 455 g/mol. The SMILES string of the molecule is C=CC.CCCC1(C(=O)OCC)CN(C)CCC1=O.CCOC(=O)C1CN(C)CCC1=O. The number of ketones is 2. The Morgan fingerprint density at radius 2 is 1.62 bits per heavy atom. The summed E-state index contributed by atoms with van der Waals surface area (Å²) in [6.07, 6.45) is 4.07. The molecule has 0 spiro atoms. The van der Waals surface area contributed by atoms with Crippen LogP contribution in [0.25, 0.3) is 0 Å². The van der Waals surface area contributed by atoms with Gasteiger partial charge in [0.25, 0.3) is 0 Å². The van der Waals surface area contributed by atoms with Gasteiger partial charge in [-0.1, -0.05) is 19.4 Å². The van der Waals surface area contributed by atoms with E-state index in [1.165, 1.54) is 0 Å². The molecule has 8 heteroatoms. The van der Waals surface area contributed by atoms with Crippen molar-refractivity contribution >= 4 is 23.5 Å². The summed E-state index contributed by atoms with van der Waals surface area (Å²) in [6.45, 7) is 13.9. The molecule has 0 aromatic heterocycles. The number of carbonyl (C=O) groups excluding carboxylic acids is 4. The lowest BCUT2D eigenvalue weighted by Crippen LogP contribution is -2.53. The highest BCUT2D eigenvalue weighted by molar-refractivity contribution is 6.04. The van der Waals surface area contributed by atoms with Gasteiger partial charge < -0.3 is 19.3 Å². The Hall–Kier alpha value is -2.06. The number of piperidine rings is 2. The van der Waals surface area contributed by atoms with Crippen molar-refractivity contribution in [1.82, 2.24) is 9.80 Å². The molecule has 184 valence electrons. The van der Waals surface area contributed by atoms with Crippen molar-refractivity contribution in [1.29, 1.82) is 0 Å². The van der Waals surface area contributed by atoms with E-state index in [1.54, 1.807) is 19.9 Å². The predicted octanol–water partition coefficient (Wildman–Crippen LogP) is 2.50. The van der Waals surface area contributed by atoms with E-state index in [9.17, 15) is 19.2 Å². The minimum absolute atomic E-state index is 0.0107. The zero-order valence-electron chi connectivity index (χ0n) is 20.8. The van der Waals surface area contributed by atoms with Crippen LogP contribution in [0.15, 0.2) is 12.7 Å². The molecule has 0 radical (unpaired) electrons. The lowest BCUT2D eigenvalue weighted by atomic mass is 9.75. The standard InChI is InChI=1S/C12H21NO3.C9H15NO3.C3H6/c1-4-7-12(11(15)16-5-2)9-13(3)8-6-10(12)14;1-3-13-9(12)7-6-10(2)5-4-8(7)11;1-3-2/h4-9H2,1-3H3;7H,3-6H2,1-2H3;3H,1H2,2H3. The fourth-order valence-corrected chi connectivity index (χ4v) is 3.78. The normalized spacial score (nSPS) is 23.8. The van der Waals surface area contributed by atoms with Crippen LogP contribution in [0.3, 0.4) is 0 Å². The van der Waals surface area contributed by atoms with Crippen LogP contribution >= 0.6 is 0 Å². The summed E-state index contributed by atoms with van der Waals surface area (Å²) in [5.41, 5.74) is -0.905. The van der Waals surface area contributed by atoms with Gasteiger partial charge in [0.15, 0.2) is 5.78 Å². The van der Waals surface area contributed by atoms with Crippen LogP contribution in [0.1, 0.15) is 53.4 Å². The first-order chi connectivity index (χ1) is 15.1. The highest BCUT2D eigenvalue weighted by Crippen LogP contribution is 2.32. The largest absolute Gasteiger partial charge is 0.465 e. The van der Waals surface area contributed by atoms with E-state index >= 15 is 0 Å². The minimum atomic E-state index is -0.905. The molecule has 0 amide bonds. The number of carbonyl (C=O) groups is 4. The van der Waals surface area contributed by atoms with Crippen LogP contribution in [-0.4, -0.2) is 86.8 Å². The van der Waals surface area contributed by atoms with Gasteiger partial charge in [0, 0.05) is 39.0 Å². The van der Waals surface area contributed by atoms with Crippen LogP contribution < -0.4 is 0 Å². The Bertz CT molecular complexity index is 636. The van der Waals surface area contributed by atoms with Crippen LogP contribution in [0, 0.1) is 11.3 Å². The molecule has 0 aliphatic carbocycles. The molecule has 32 heavy (non-hydrogen) atoms. The van der Waals surface area contributed by atoms with E-state index < -0.39 is 11.3 Å². The van der Waals surface area contributed by atoms with Crippen LogP contribution in [0.4, 0.5) is 0 Å². The lowest BCUT2D eigenvalue weighted by Gasteiger charge is -2.37. The molecule has 0 N–H and O–H groups in total. The highest BCUT2D eigenvalue weighted by atomic mass is 16.5. The highest BCUT2D eigenvalue weighted by Gasteiger charge is 2.48. The monoisotopic (exact) mass is 454 g/mol. The first-order valence-corrected chi connectivity index (χ1v) is 11.5. The number of likely N-dealkylation sites (tertiary alicyclic amines) is 2. The molecule has 0 saturated carbocycles. The average Bonchev–Trinajstić information content (AvgIpc) is 2.74. The van der Waals surface area contributed by atoms with Gasteiger partial charge >= 0.3 is 11.9 Å². The van der Waals surface area contributed by atoms with Gasteiger partial charge in [-0.05, 0) is 41.3 Å². The van der Waals surface area contributed by atoms with Crippen molar-refractivity contribution < 1.29 is 28.7 Å². The first-order valence-electron chi connectivity index (χ1n) is 11.5. The molecule has 2 aliphatic heterocycles. The van der Waals surface area contributed by atoms with Crippen molar-refractivity contribution in [2.75, 3.05) is 53.5 Å². The molecule has 2 saturated heterocycles. The Labute approximate surface area is 193 Å². The second kappa shape index (κ2) is 15.7. The number of nitrogens with zero attached hydrogens (tertiary/aromatic N) is 2. The Kier molecular flexibility index (Phi) is 14.7. The van der Waals surface area contributed by atoms with Gasteiger partial charge in [-0.15, -0.1) is 6.58 Å². The van der Waals surface area contributed by atoms with Gasteiger partial charge in [0.2, 0.25) is 0 Å². The molecule has 2 rings (SSSR count). The number of hydrogen-bond acceptors (Lipinski definition) is 8. The van der Waals surface area contributed by atoms with Gasteiger partial charge in [-0.2, -0.15) is 0 Å². The van der Waals surface area contributed by atoms with Gasteiger partial charge in [0.1, 0.15) is 17.1 Å². The summed E-state index contributed by atoms with van der Waals surface area (Å²) >= 11 is 0. The topological polar surface area (TPSA) is 93.2 Å². The maximum Gasteiger partial charge on any atom is 0.320 e. The van der Waals surface area contributed by atoms with Crippen molar-refractivity contribution in [3.8, 4) is 0 Å². The molecular formula is C24H42N2O6. The van der Waals surface area contributed by atoms with E-state index in [1.807, 2.05) is 37.7 Å². The number of rotatable bonds is 6. The third kappa shape index (κ3) is 9.20. The summed E-state index contributed by atoms with van der Waals surface area (Å²) in [5.74, 6) is -1.21. The molecule has 2 fully saturated rings. The van der Waals surface area contributed by atoms with E-state index in [0.29, 0.717) is 45.6 Å². The molecule has 0 aromatic rings. The van der Waals surface area contributed by atoms with Crippen molar-refractivity contribution in [3.63, 3.8) is 0 Å². The summed E-state index contributed by atoms with van der Waals surface area (Å²) in [5, 5.41) is 0. The second-order valence-electron chi connectivity index (χ2n) is 8.15. The predicted molar refractivity (Wildman–Crippen MR) is 124 cm³/mol. The van der Waals surface area contributed by atoms with E-state index in [4.69, 9.17) is 9.47 Å². The van der Waals surface area contributed by atoms with Gasteiger partial charge in [0.05, 0.1) is 13.2 Å². The summed E-state index contributed by atoms with van der Waals surface area (Å²) in [7, 11) is 3.84. The number of ether oxygens (including phenoxy) is 2. The van der Waals surface area contributed by atoms with E-state index in [0.717, 1.165) is 19.5 Å². The van der Waals surface area contributed by atoms with Crippen molar-refractivity contribution in [2.24, 2.45) is 11.3 Å². The minimum Gasteiger partial charge on any atom is -0.465 e. The second-order valence-corrected chi connectivity index (χ2v) is 8.15. The molecule has 2 aliphatic rings. The quantitative estimate of drug-likeness (QED) is 0.343. The molecule has 8 nitrogen and oxygen atoms in total. The summed E-state index contributed by atoms with van der Waals surface area (Å²) < 4.78 is 9.88. The smallest absolute Gasteiger partial charge is 0.320 e. The molecule has 2 unspecified atom stereocenters. The summed E-state index contributed by atoms with van der Waals surface area (Å²) in [4.78, 5) is 50.7. The fourth-order valence-electron chi connectivity index (χ4n) is 3.78. The molecular weight excluding hydrogens is 412 g/mol. The zero-order chi connectivity index (χ0) is 24.7. The van der Waals surface area contributed by atoms with Gasteiger partial charge in [-0.25, -0.2) is 0 Å². The number of allylic oxidation sites excluding steroid dienone is 1. The first kappa shape index (κ1) is 29.9. The van der Waals surface area contributed by atoms with Crippen LogP contribution in [0.2, 0.25) is 0 Å². The Morgan fingerprint density at radius 3 is 2.16 bits per heavy atom. The number of hydrogen-bond donors (Lipinski definition) is 0. The maximum absolute atomic E-state index is 12.0. The zero-order valence-corrected chi connectivity index (χ0v) is 20.8. The number of Topliss-reactive ketones (excluding diaryl/α,β-unsaturated/α-hetero) is 2. The number of esters is 2. The van der Waals surface area contributed by atoms with Crippen molar-refractivity contribution in [2.45, 2.75) is 53.4 Å². The third-order valence-electron chi connectivity index (χ3n) is 5.33. The Balaban J connectivity index is 0.000000543. The molecule has 0 aromatic carbocycles. The molecule has 2 atom stereocenters. The Morgan fingerprint density at radius 1 is 1.06 bits per heavy atom. The van der Waals surface area contributed by atoms with Crippen LogP contribution in [0.5, 0.6) is 0 Å². The van der Waals surface area contributed by atoms with Crippen LogP contribution in [-0.2, 0) is 28.7 Å². The molecule has 2 heterocycles. The fraction of sp³-hybridized carbons (Fsp3) is 0.750. The van der Waals surface area contributed by atoms with Gasteiger partial charge in [-0.3, -0.25) is 19.2 Å².